The zero-order valence-electron chi connectivity index (χ0n) is 21.6. The maximum absolute atomic E-state index is 11.7. The molecule has 0 saturated heterocycles. The summed E-state index contributed by atoms with van der Waals surface area (Å²) in [5.74, 6) is -6.30. The second kappa shape index (κ2) is 16.3. The summed E-state index contributed by atoms with van der Waals surface area (Å²) in [6.45, 7) is 0.180. The van der Waals surface area contributed by atoms with Gasteiger partial charge in [-0.2, -0.15) is 0 Å². The molecule has 1 aromatic rings. The second-order valence-electron chi connectivity index (χ2n) is 8.94. The minimum Gasteiger partial charge on any atom is -0.480 e. The predicted molar refractivity (Wildman–Crippen MR) is 143 cm³/mol. The van der Waals surface area contributed by atoms with Crippen LogP contribution in [0.15, 0.2) is 24.3 Å². The molecule has 14 nitrogen and oxygen atoms in total. The molecule has 1 aromatic carbocycles. The highest BCUT2D eigenvalue weighted by Crippen LogP contribution is 2.19. The van der Waals surface area contributed by atoms with Crippen molar-refractivity contribution in [3.05, 3.63) is 29.8 Å². The van der Waals surface area contributed by atoms with Crippen molar-refractivity contribution in [1.82, 2.24) is 14.7 Å². The fraction of sp³-hybridized carbons (Fsp3) is 0.500. The first kappa shape index (κ1) is 33.4. The minimum atomic E-state index is -1.27. The van der Waals surface area contributed by atoms with Gasteiger partial charge in [-0.05, 0) is 38.0 Å². The van der Waals surface area contributed by atoms with E-state index in [1.165, 1.54) is 9.80 Å². The number of benzene rings is 1. The molecule has 0 spiro atoms. The average molecular weight is 571 g/mol. The van der Waals surface area contributed by atoms with E-state index < -0.39 is 74.7 Å². The molecule has 0 bridgehead atoms. The lowest BCUT2D eigenvalue weighted by atomic mass is 9.96. The average Bonchev–Trinajstić information content (AvgIpc) is 2.78. The standard InChI is InChI=1S/C24H34N4O10S/c1-15(27(12-22(33)34)8-7-26(10-20(29)30)11-21(31)32)19(28(13-23(35)36)14-24(37)38)9-17-3-5-18(6-4-17)25-16(2)39/h3-6,15,19H,7-14H2,1-2H3,(H,25,39)(H,29,30)(H,31,32)(H,33,34)(H,35,36)(H,37,38). The van der Waals surface area contributed by atoms with E-state index in [0.29, 0.717) is 16.2 Å². The summed E-state index contributed by atoms with van der Waals surface area (Å²) in [4.78, 5) is 61.6. The Morgan fingerprint density at radius 1 is 0.744 bits per heavy atom. The van der Waals surface area contributed by atoms with Crippen LogP contribution in [-0.4, -0.2) is 133 Å². The summed E-state index contributed by atoms with van der Waals surface area (Å²) < 4.78 is 0. The Kier molecular flexibility index (Phi) is 14.0. The summed E-state index contributed by atoms with van der Waals surface area (Å²) in [6.07, 6.45) is 0.155. The molecule has 2 unspecified atom stereocenters. The number of hydrogen-bond donors (Lipinski definition) is 6. The van der Waals surface area contributed by atoms with E-state index in [9.17, 15) is 39.3 Å². The largest absolute Gasteiger partial charge is 0.480 e. The second-order valence-corrected chi connectivity index (χ2v) is 9.56. The Bertz CT molecular complexity index is 1000. The highest BCUT2D eigenvalue weighted by Gasteiger charge is 2.32. The number of rotatable bonds is 19. The van der Waals surface area contributed by atoms with Crippen molar-refractivity contribution < 1.29 is 49.5 Å². The van der Waals surface area contributed by atoms with E-state index in [2.05, 4.69) is 5.32 Å². The lowest BCUT2D eigenvalue weighted by Gasteiger charge is -2.40. The molecule has 0 aliphatic heterocycles. The van der Waals surface area contributed by atoms with E-state index in [0.717, 1.165) is 4.90 Å². The minimum absolute atomic E-state index is 0.0741. The molecule has 0 radical (unpaired) electrons. The van der Waals surface area contributed by atoms with Crippen molar-refractivity contribution in [2.45, 2.75) is 32.4 Å². The first-order valence-electron chi connectivity index (χ1n) is 11.8. The maximum atomic E-state index is 11.7. The number of carboxylic acid groups (broad SMARTS) is 5. The normalized spacial score (nSPS) is 12.7. The van der Waals surface area contributed by atoms with Gasteiger partial charge in [-0.1, -0.05) is 24.4 Å². The molecule has 15 heteroatoms. The Morgan fingerprint density at radius 2 is 1.18 bits per heavy atom. The van der Waals surface area contributed by atoms with Gasteiger partial charge >= 0.3 is 29.8 Å². The van der Waals surface area contributed by atoms with Crippen LogP contribution >= 0.6 is 12.2 Å². The van der Waals surface area contributed by atoms with E-state index in [4.69, 9.17) is 22.4 Å². The molecule has 2 atom stereocenters. The van der Waals surface area contributed by atoms with Gasteiger partial charge in [-0.3, -0.25) is 38.7 Å². The van der Waals surface area contributed by atoms with Crippen LogP contribution in [0.4, 0.5) is 5.69 Å². The number of thiocarbonyl (C=S) groups is 1. The van der Waals surface area contributed by atoms with Crippen molar-refractivity contribution >= 4 is 52.7 Å². The zero-order valence-corrected chi connectivity index (χ0v) is 22.5. The van der Waals surface area contributed by atoms with Crippen molar-refractivity contribution in [2.75, 3.05) is 51.1 Å². The van der Waals surface area contributed by atoms with E-state index >= 15 is 0 Å². The van der Waals surface area contributed by atoms with Gasteiger partial charge in [0.15, 0.2) is 0 Å². The fourth-order valence-electron chi connectivity index (χ4n) is 4.12. The van der Waals surface area contributed by atoms with Gasteiger partial charge in [0.1, 0.15) is 0 Å². The highest BCUT2D eigenvalue weighted by molar-refractivity contribution is 7.80. The molecule has 0 fully saturated rings. The molecule has 39 heavy (non-hydrogen) atoms. The number of nitrogens with one attached hydrogen (secondary N) is 1. The maximum Gasteiger partial charge on any atom is 0.317 e. The number of carbonyl (C=O) groups is 5. The van der Waals surface area contributed by atoms with Crippen molar-refractivity contribution in [2.24, 2.45) is 0 Å². The lowest BCUT2D eigenvalue weighted by molar-refractivity contribution is -0.145. The van der Waals surface area contributed by atoms with Gasteiger partial charge in [-0.25, -0.2) is 0 Å². The van der Waals surface area contributed by atoms with Crippen LogP contribution in [0.2, 0.25) is 0 Å². The zero-order chi connectivity index (χ0) is 29.7. The number of carboxylic acids is 5. The number of anilines is 1. The van der Waals surface area contributed by atoms with Crippen molar-refractivity contribution in [3.63, 3.8) is 0 Å². The first-order valence-corrected chi connectivity index (χ1v) is 12.2. The van der Waals surface area contributed by atoms with Gasteiger partial charge in [0.25, 0.3) is 0 Å². The monoisotopic (exact) mass is 570 g/mol. The Balaban J connectivity index is 3.36. The molecule has 0 saturated carbocycles. The number of aliphatic carboxylic acids is 5. The van der Waals surface area contributed by atoms with E-state index in [-0.39, 0.29) is 19.5 Å². The summed E-state index contributed by atoms with van der Waals surface area (Å²) in [7, 11) is 0. The first-order chi connectivity index (χ1) is 18.2. The van der Waals surface area contributed by atoms with Gasteiger partial charge < -0.3 is 30.8 Å². The third-order valence-corrected chi connectivity index (χ3v) is 5.86. The number of hydrogen-bond acceptors (Lipinski definition) is 9. The molecule has 216 valence electrons. The van der Waals surface area contributed by atoms with Crippen LogP contribution in [0.5, 0.6) is 0 Å². The fourth-order valence-corrected chi connectivity index (χ4v) is 4.24. The van der Waals surface area contributed by atoms with Gasteiger partial charge in [0.2, 0.25) is 0 Å². The summed E-state index contributed by atoms with van der Waals surface area (Å²) in [5.41, 5.74) is 1.43. The van der Waals surface area contributed by atoms with Crippen molar-refractivity contribution in [3.8, 4) is 0 Å². The quantitative estimate of drug-likeness (QED) is 0.122. The molecule has 0 heterocycles. The molecule has 1 rings (SSSR count). The molecule has 0 aliphatic rings. The molecular formula is C24H34N4O10S. The van der Waals surface area contributed by atoms with Crippen LogP contribution in [0.25, 0.3) is 0 Å². The van der Waals surface area contributed by atoms with Crippen LogP contribution in [0.1, 0.15) is 19.4 Å². The Hall–Kier alpha value is -3.66. The van der Waals surface area contributed by atoms with E-state index in [1.54, 1.807) is 38.1 Å². The number of nitrogens with zero attached hydrogens (tertiary/aromatic N) is 3. The smallest absolute Gasteiger partial charge is 0.317 e. The predicted octanol–water partition coefficient (Wildman–Crippen LogP) is 0.0744. The highest BCUT2D eigenvalue weighted by atomic mass is 32.1. The van der Waals surface area contributed by atoms with Gasteiger partial charge in [-0.15, -0.1) is 0 Å². The van der Waals surface area contributed by atoms with Crippen LogP contribution < -0.4 is 5.32 Å². The summed E-state index contributed by atoms with van der Waals surface area (Å²) in [6, 6.07) is 5.46. The summed E-state index contributed by atoms with van der Waals surface area (Å²) in [5, 5.41) is 49.6. The molecule has 0 aliphatic carbocycles. The van der Waals surface area contributed by atoms with Crippen molar-refractivity contribution in [1.29, 1.82) is 0 Å². The van der Waals surface area contributed by atoms with Gasteiger partial charge in [0.05, 0.1) is 37.7 Å². The van der Waals surface area contributed by atoms with E-state index in [1.807, 2.05) is 0 Å². The molecular weight excluding hydrogens is 536 g/mol. The van der Waals surface area contributed by atoms with Crippen LogP contribution in [0, 0.1) is 0 Å². The topological polar surface area (TPSA) is 208 Å². The lowest BCUT2D eigenvalue weighted by Crippen LogP contribution is -2.56. The third kappa shape index (κ3) is 13.6. The third-order valence-electron chi connectivity index (χ3n) is 5.76. The van der Waals surface area contributed by atoms with Gasteiger partial charge in [0, 0.05) is 30.9 Å². The molecule has 6 N–H and O–H groups in total. The summed E-state index contributed by atoms with van der Waals surface area (Å²) >= 11 is 5.03. The Labute approximate surface area is 230 Å². The molecule has 0 aromatic heterocycles. The molecule has 0 amide bonds. The Morgan fingerprint density at radius 3 is 1.59 bits per heavy atom. The van der Waals surface area contributed by atoms with Crippen LogP contribution in [0.3, 0.4) is 0 Å². The SMILES string of the molecule is CC(=S)Nc1ccc(CC(C(C)N(CCN(CC(=O)O)CC(=O)O)CC(=O)O)N(CC(=O)O)CC(=O)O)cc1. The van der Waals surface area contributed by atoms with Crippen LogP contribution in [-0.2, 0) is 30.4 Å².